The molecule has 2 aliphatic rings. The minimum absolute atomic E-state index is 0.0284. The van der Waals surface area contributed by atoms with Gasteiger partial charge in [0.1, 0.15) is 0 Å². The second-order valence-corrected chi connectivity index (χ2v) is 30.2. The molecule has 3 N–H and O–H groups in total. The summed E-state index contributed by atoms with van der Waals surface area (Å²) in [5.41, 5.74) is 3.64. The third-order valence-corrected chi connectivity index (χ3v) is 13.8. The largest absolute Gasteiger partial charge is 0.471 e. The molecule has 0 unspecified atom stereocenters. The number of rotatable bonds is 20. The summed E-state index contributed by atoms with van der Waals surface area (Å²) in [6, 6.07) is 21.2. The maximum absolute atomic E-state index is 10.2. The fraction of sp³-hybridized carbons (Fsp3) is 0.667. The molecule has 0 saturated heterocycles. The number of aryl methyl sites for hydroxylation is 2. The molecular formula is C66H114O10Si3. The van der Waals surface area contributed by atoms with E-state index >= 15 is 0 Å². The number of methoxy groups -OCH3 is 2. The number of hydrogen-bond acceptors (Lipinski definition) is 10. The molecule has 0 heterocycles. The van der Waals surface area contributed by atoms with E-state index in [-0.39, 0.29) is 17.3 Å². The topological polar surface area (TPSA) is 164 Å². The monoisotopic (exact) mass is 1150 g/mol. The van der Waals surface area contributed by atoms with Crippen molar-refractivity contribution >= 4 is 39.0 Å². The van der Waals surface area contributed by atoms with Gasteiger partial charge in [-0.25, -0.2) is 0 Å². The number of aliphatic hydroxyl groups excluding tert-OH is 3. The highest BCUT2D eigenvalue weighted by Gasteiger charge is 2.49. The van der Waals surface area contributed by atoms with Gasteiger partial charge >= 0.3 is 0 Å². The second-order valence-electron chi connectivity index (χ2n) is 24.8. The van der Waals surface area contributed by atoms with Crippen molar-refractivity contribution in [1.82, 2.24) is 0 Å². The molecule has 0 bridgehead atoms. The first kappa shape index (κ1) is 79.5. The number of aliphatic hydroxyl groups is 3. The van der Waals surface area contributed by atoms with Crippen molar-refractivity contribution in [2.24, 2.45) is 57.7 Å². The van der Waals surface area contributed by atoms with Gasteiger partial charge in [-0.15, -0.1) is 0 Å². The van der Waals surface area contributed by atoms with Crippen LogP contribution in [-0.4, -0.2) is 86.8 Å². The van der Waals surface area contributed by atoms with E-state index in [0.29, 0.717) is 48.5 Å². The molecule has 0 aromatic heterocycles. The Kier molecular flexibility index (Phi) is 46.1. The molecule has 2 aromatic carbocycles. The van der Waals surface area contributed by atoms with Crippen LogP contribution < -0.4 is 0 Å². The molecular weight excluding hydrogens is 1040 g/mol. The molecule has 79 heavy (non-hydrogen) atoms. The van der Waals surface area contributed by atoms with Gasteiger partial charge in [0.05, 0.1) is 32.5 Å². The van der Waals surface area contributed by atoms with Crippen LogP contribution in [0.15, 0.2) is 109 Å². The molecule has 0 aliphatic heterocycles. The summed E-state index contributed by atoms with van der Waals surface area (Å²) in [4.78, 5) is 17.9. The Balaban J connectivity index is -0.00000111. The summed E-state index contributed by atoms with van der Waals surface area (Å²) in [5.74, 6) is 3.45. The van der Waals surface area contributed by atoms with Gasteiger partial charge in [-0.1, -0.05) is 198 Å². The van der Waals surface area contributed by atoms with Crippen molar-refractivity contribution in [3.8, 4) is 0 Å². The molecule has 13 heteroatoms. The third kappa shape index (κ3) is 41.9. The molecule has 2 aliphatic carbocycles. The van der Waals surface area contributed by atoms with Crippen molar-refractivity contribution in [3.05, 3.63) is 120 Å². The predicted octanol–water partition coefficient (Wildman–Crippen LogP) is 15.8. The SMILES string of the molecule is CCC/C=C/C[C@@H]1[C@@H](/C=C/[C@@H](O)CCc2ccccc2)[C@H](O)C[C@@H]1O.CCC/C=C/C[C@@H]1[C@@H](/C=C/[C@H](CCc2ccccc2)C(C)(C)C)[C@H](C(C)(C)C)C[C@@H]1C(C)(C)C.COC=O.COC=O.C[Si](C)=O.C[Si](C)=O.C[Si](C)=O. The van der Waals surface area contributed by atoms with Crippen LogP contribution in [0, 0.1) is 57.7 Å². The van der Waals surface area contributed by atoms with Crippen molar-refractivity contribution in [2.45, 2.75) is 211 Å². The molecule has 2 aromatic rings. The molecule has 10 atom stereocenters. The van der Waals surface area contributed by atoms with Gasteiger partial charge < -0.3 is 38.2 Å². The lowest BCUT2D eigenvalue weighted by Crippen LogP contribution is -2.27. The van der Waals surface area contributed by atoms with Crippen LogP contribution in [-0.2, 0) is 45.3 Å². The van der Waals surface area contributed by atoms with Crippen LogP contribution in [0.3, 0.4) is 0 Å². The Hall–Kier alpha value is -3.73. The number of hydrogen-bond donors (Lipinski definition) is 3. The minimum Gasteiger partial charge on any atom is -0.471 e. The Bertz CT molecular complexity index is 1950. The minimum atomic E-state index is -1.13. The van der Waals surface area contributed by atoms with E-state index in [9.17, 15) is 28.7 Å². The highest BCUT2D eigenvalue weighted by atomic mass is 28.3. The van der Waals surface area contributed by atoms with E-state index in [2.05, 4.69) is 165 Å². The van der Waals surface area contributed by atoms with Gasteiger partial charge in [-0.2, -0.15) is 0 Å². The smallest absolute Gasteiger partial charge is 0.292 e. The summed E-state index contributed by atoms with van der Waals surface area (Å²) in [5, 5.41) is 30.7. The first-order chi connectivity index (χ1) is 36.9. The second kappa shape index (κ2) is 45.8. The molecule has 2 saturated carbocycles. The highest BCUT2D eigenvalue weighted by Crippen LogP contribution is 2.56. The number of unbranched alkanes of at least 4 members (excludes halogenated alkanes) is 2. The van der Waals surface area contributed by atoms with Crippen LogP contribution >= 0.6 is 0 Å². The summed E-state index contributed by atoms with van der Waals surface area (Å²) in [6.07, 6.45) is 29.0. The summed E-state index contributed by atoms with van der Waals surface area (Å²) >= 11 is 0. The number of allylic oxidation sites excluding steroid dienone is 6. The Morgan fingerprint density at radius 2 is 0.937 bits per heavy atom. The zero-order chi connectivity index (χ0) is 61.2. The lowest BCUT2D eigenvalue weighted by atomic mass is 9.70. The van der Waals surface area contributed by atoms with Crippen molar-refractivity contribution < 1.29 is 47.8 Å². The Labute approximate surface area is 487 Å². The normalized spacial score (nSPS) is 21.4. The van der Waals surface area contributed by atoms with Gasteiger partial charge in [0.2, 0.25) is 0 Å². The first-order valence-corrected chi connectivity index (χ1v) is 36.2. The summed E-state index contributed by atoms with van der Waals surface area (Å²) in [7, 11) is -0.764. The van der Waals surface area contributed by atoms with Gasteiger partial charge in [0.25, 0.3) is 39.0 Å². The molecule has 0 spiro atoms. The fourth-order valence-corrected chi connectivity index (χ4v) is 9.84. The van der Waals surface area contributed by atoms with Gasteiger partial charge in [-0.3, -0.25) is 9.59 Å². The van der Waals surface area contributed by atoms with Crippen molar-refractivity contribution in [3.63, 3.8) is 0 Å². The van der Waals surface area contributed by atoms with E-state index in [1.165, 1.54) is 57.5 Å². The predicted molar refractivity (Wildman–Crippen MR) is 336 cm³/mol. The zero-order valence-electron chi connectivity index (χ0n) is 53.0. The molecule has 10 nitrogen and oxygen atoms in total. The summed E-state index contributed by atoms with van der Waals surface area (Å²) < 4.78 is 36.6. The first-order valence-electron chi connectivity index (χ1n) is 29.0. The van der Waals surface area contributed by atoms with Crippen molar-refractivity contribution in [2.75, 3.05) is 14.2 Å². The highest BCUT2D eigenvalue weighted by molar-refractivity contribution is 6.39. The lowest BCUT2D eigenvalue weighted by molar-refractivity contribution is -0.126. The number of ether oxygens (including phenoxy) is 2. The quantitative estimate of drug-likeness (QED) is 0.0660. The van der Waals surface area contributed by atoms with Crippen LogP contribution in [0.4, 0.5) is 0 Å². The number of carbonyl (C=O) groups excluding carboxylic acids is 2. The maximum Gasteiger partial charge on any atom is 0.292 e. The van der Waals surface area contributed by atoms with E-state index in [1.54, 1.807) is 45.4 Å². The lowest BCUT2D eigenvalue weighted by Gasteiger charge is -2.35. The molecule has 4 rings (SSSR count). The summed E-state index contributed by atoms with van der Waals surface area (Å²) in [6.45, 7) is 37.6. The third-order valence-electron chi connectivity index (χ3n) is 13.8. The molecule has 0 radical (unpaired) electrons. The Morgan fingerprint density at radius 1 is 0.557 bits per heavy atom. The van der Waals surface area contributed by atoms with Crippen LogP contribution in [0.5, 0.6) is 0 Å². The average molecular weight is 1150 g/mol. The standard InChI is InChI=1S/C34H56.C22H32O3.2C2H4O2.3C2H6OSi/c1-11-12-13-17-20-28-29(31(34(8,9)10)25-30(28)33(5,6)7)24-23-27(32(2,3)4)22-21-26-18-15-14-16-19-26;1-2-3-4-8-11-19-20(22(25)16-21(19)24)15-14-18(23)13-12-17-9-6-5-7-10-17;2*1-4-2-3;3*1-4(2)3/h13-19,23-24,27-31H,11-12,20-22,25H2,1-10H3;4-10,14-15,18-25H,2-3,11-13,16H2,1H3;2*2H,1H3;3*1-2H3/b17-13+,24-23+;8-4+,15-14+;;;;;/t27-,28+,29+,30-,31+;18-,19+,20+,21-,22+;;;;;/m00...../s1. The molecule has 0 amide bonds. The molecule has 450 valence electrons. The van der Waals surface area contributed by atoms with Gasteiger partial charge in [0.15, 0.2) is 0 Å². The van der Waals surface area contributed by atoms with Gasteiger partial charge in [-0.05, 0) is 160 Å². The van der Waals surface area contributed by atoms with E-state index < -0.39 is 44.4 Å². The van der Waals surface area contributed by atoms with E-state index in [1.807, 2.05) is 24.3 Å². The van der Waals surface area contributed by atoms with Crippen LogP contribution in [0.1, 0.15) is 151 Å². The van der Waals surface area contributed by atoms with E-state index in [4.69, 9.17) is 9.59 Å². The van der Waals surface area contributed by atoms with Crippen LogP contribution in [0.25, 0.3) is 0 Å². The van der Waals surface area contributed by atoms with Gasteiger partial charge in [0, 0.05) is 12.3 Å². The molecule has 2 fully saturated rings. The number of carbonyl (C=O) groups is 2. The van der Waals surface area contributed by atoms with Crippen molar-refractivity contribution in [1.29, 1.82) is 0 Å². The van der Waals surface area contributed by atoms with Crippen LogP contribution in [0.2, 0.25) is 39.3 Å². The number of benzene rings is 2. The maximum atomic E-state index is 10.2. The average Bonchev–Trinajstić information content (AvgIpc) is 3.88. The Morgan fingerprint density at radius 3 is 1.30 bits per heavy atom. The zero-order valence-corrected chi connectivity index (χ0v) is 56.0. The fourth-order valence-electron chi connectivity index (χ4n) is 9.84. The van der Waals surface area contributed by atoms with E-state index in [0.717, 1.165) is 49.9 Å².